The Kier molecular flexibility index (Phi) is 3.48. The normalized spacial score (nSPS) is 11.4. The Bertz CT molecular complexity index is 427. The summed E-state index contributed by atoms with van der Waals surface area (Å²) < 4.78 is 42.2. The minimum atomic E-state index is -4.57. The van der Waals surface area contributed by atoms with E-state index in [-0.39, 0.29) is 10.6 Å². The molecule has 0 bridgehead atoms. The van der Waals surface area contributed by atoms with Crippen molar-refractivity contribution in [3.8, 4) is 5.75 Å². The first-order chi connectivity index (χ1) is 7.27. The molecule has 0 aromatic heterocycles. The zero-order valence-electron chi connectivity index (χ0n) is 8.48. The van der Waals surface area contributed by atoms with Crippen molar-refractivity contribution in [3.63, 3.8) is 0 Å². The van der Waals surface area contributed by atoms with Gasteiger partial charge >= 0.3 is 6.18 Å². The lowest BCUT2D eigenvalue weighted by atomic mass is 10.1. The Hall–Kier alpha value is -1.23. The third-order valence-corrected chi connectivity index (χ3v) is 2.29. The van der Waals surface area contributed by atoms with Crippen LogP contribution in [-0.4, -0.2) is 12.9 Å². The van der Waals surface area contributed by atoms with Crippen LogP contribution < -0.4 is 4.74 Å². The standard InChI is InChI=1S/C10H8ClF3O2/c1-5(15)6-3-9(16-2)7(4-8(6)11)10(12,13)14/h3-4H,1-2H3. The third kappa shape index (κ3) is 2.47. The van der Waals surface area contributed by atoms with Gasteiger partial charge < -0.3 is 4.74 Å². The number of alkyl halides is 3. The number of ether oxygens (including phenoxy) is 1. The lowest BCUT2D eigenvalue weighted by molar-refractivity contribution is -0.138. The Morgan fingerprint density at radius 3 is 2.31 bits per heavy atom. The van der Waals surface area contributed by atoms with Gasteiger partial charge in [-0.3, -0.25) is 4.79 Å². The maximum Gasteiger partial charge on any atom is 0.420 e. The van der Waals surface area contributed by atoms with E-state index in [2.05, 4.69) is 4.74 Å². The van der Waals surface area contributed by atoms with Crippen LogP contribution in [0.3, 0.4) is 0 Å². The van der Waals surface area contributed by atoms with Crippen molar-refractivity contribution < 1.29 is 22.7 Å². The van der Waals surface area contributed by atoms with Crippen LogP contribution in [0.4, 0.5) is 13.2 Å². The van der Waals surface area contributed by atoms with Gasteiger partial charge in [-0.05, 0) is 19.1 Å². The number of hydrogen-bond acceptors (Lipinski definition) is 2. The van der Waals surface area contributed by atoms with E-state index in [4.69, 9.17) is 11.6 Å². The first-order valence-corrected chi connectivity index (χ1v) is 4.61. The highest BCUT2D eigenvalue weighted by Gasteiger charge is 2.35. The van der Waals surface area contributed by atoms with Crippen LogP contribution >= 0.6 is 11.6 Å². The Morgan fingerprint density at radius 1 is 1.38 bits per heavy atom. The molecule has 0 heterocycles. The van der Waals surface area contributed by atoms with Crippen LogP contribution in [0.15, 0.2) is 12.1 Å². The third-order valence-electron chi connectivity index (χ3n) is 1.97. The van der Waals surface area contributed by atoms with Gasteiger partial charge in [0.25, 0.3) is 0 Å². The predicted molar refractivity (Wildman–Crippen MR) is 53.0 cm³/mol. The summed E-state index contributed by atoms with van der Waals surface area (Å²) in [7, 11) is 1.10. The zero-order valence-corrected chi connectivity index (χ0v) is 9.24. The number of carbonyl (C=O) groups excluding carboxylic acids is 1. The van der Waals surface area contributed by atoms with Crippen molar-refractivity contribution >= 4 is 17.4 Å². The number of Topliss-reactive ketones (excluding diaryl/α,β-unsaturated/α-hetero) is 1. The molecule has 0 fully saturated rings. The summed E-state index contributed by atoms with van der Waals surface area (Å²) in [6.45, 7) is 1.22. The molecule has 0 saturated heterocycles. The highest BCUT2D eigenvalue weighted by atomic mass is 35.5. The molecule has 0 spiro atoms. The monoisotopic (exact) mass is 252 g/mol. The molecule has 0 saturated carbocycles. The van der Waals surface area contributed by atoms with Gasteiger partial charge in [-0.15, -0.1) is 0 Å². The molecule has 88 valence electrons. The van der Waals surface area contributed by atoms with E-state index in [1.807, 2.05) is 0 Å². The quantitative estimate of drug-likeness (QED) is 0.752. The molecule has 1 aromatic rings. The predicted octanol–water partition coefficient (Wildman–Crippen LogP) is 3.57. The second-order valence-electron chi connectivity index (χ2n) is 3.09. The van der Waals surface area contributed by atoms with Crippen molar-refractivity contribution in [2.24, 2.45) is 0 Å². The van der Waals surface area contributed by atoms with Crippen molar-refractivity contribution in [3.05, 3.63) is 28.3 Å². The minimum absolute atomic E-state index is 0.00603. The molecule has 0 atom stereocenters. The number of benzene rings is 1. The SMILES string of the molecule is COc1cc(C(C)=O)c(Cl)cc1C(F)(F)F. The van der Waals surface area contributed by atoms with E-state index in [0.717, 1.165) is 13.2 Å². The van der Waals surface area contributed by atoms with Crippen molar-refractivity contribution in [2.75, 3.05) is 7.11 Å². The van der Waals surface area contributed by atoms with Crippen LogP contribution in [0, 0.1) is 0 Å². The van der Waals surface area contributed by atoms with Gasteiger partial charge in [-0.2, -0.15) is 13.2 Å². The van der Waals surface area contributed by atoms with Gasteiger partial charge in [0.05, 0.1) is 17.7 Å². The fourth-order valence-electron chi connectivity index (χ4n) is 1.21. The number of methoxy groups -OCH3 is 1. The maximum absolute atomic E-state index is 12.5. The Labute approximate surface area is 95.0 Å². The van der Waals surface area contributed by atoms with E-state index in [1.54, 1.807) is 0 Å². The van der Waals surface area contributed by atoms with Gasteiger partial charge in [-0.25, -0.2) is 0 Å². The number of carbonyl (C=O) groups is 1. The molecular formula is C10H8ClF3O2. The Balaban J connectivity index is 3.44. The fraction of sp³-hybridized carbons (Fsp3) is 0.300. The topological polar surface area (TPSA) is 26.3 Å². The number of rotatable bonds is 2. The smallest absolute Gasteiger partial charge is 0.420 e. The van der Waals surface area contributed by atoms with Crippen LogP contribution in [0.25, 0.3) is 0 Å². The van der Waals surface area contributed by atoms with Crippen LogP contribution in [0.1, 0.15) is 22.8 Å². The van der Waals surface area contributed by atoms with Crippen LogP contribution in [0.2, 0.25) is 5.02 Å². The van der Waals surface area contributed by atoms with Gasteiger partial charge in [0.1, 0.15) is 5.75 Å². The first kappa shape index (κ1) is 12.8. The molecule has 2 nitrogen and oxygen atoms in total. The number of halogens is 4. The molecule has 0 amide bonds. The van der Waals surface area contributed by atoms with Crippen molar-refractivity contribution in [2.45, 2.75) is 13.1 Å². The Morgan fingerprint density at radius 2 is 1.94 bits per heavy atom. The summed E-state index contributed by atoms with van der Waals surface area (Å²) in [4.78, 5) is 11.1. The van der Waals surface area contributed by atoms with Crippen LogP contribution in [0.5, 0.6) is 5.75 Å². The van der Waals surface area contributed by atoms with E-state index >= 15 is 0 Å². The largest absolute Gasteiger partial charge is 0.496 e. The summed E-state index contributed by atoms with van der Waals surface area (Å²) in [5.74, 6) is -0.834. The van der Waals surface area contributed by atoms with Crippen molar-refractivity contribution in [1.82, 2.24) is 0 Å². The molecule has 0 aliphatic rings. The summed E-state index contributed by atoms with van der Waals surface area (Å²) >= 11 is 5.58. The molecule has 0 N–H and O–H groups in total. The van der Waals surface area contributed by atoms with E-state index < -0.39 is 23.3 Å². The van der Waals surface area contributed by atoms with Gasteiger partial charge in [-0.1, -0.05) is 11.6 Å². The summed E-state index contributed by atoms with van der Waals surface area (Å²) in [5, 5.41) is -0.236. The molecule has 6 heteroatoms. The molecule has 0 aliphatic carbocycles. The summed E-state index contributed by atoms with van der Waals surface area (Å²) in [5.41, 5.74) is -0.989. The minimum Gasteiger partial charge on any atom is -0.496 e. The molecule has 0 radical (unpaired) electrons. The molecule has 16 heavy (non-hydrogen) atoms. The lowest BCUT2D eigenvalue weighted by Crippen LogP contribution is -2.09. The highest BCUT2D eigenvalue weighted by molar-refractivity contribution is 6.34. The molecule has 1 aromatic carbocycles. The van der Waals surface area contributed by atoms with Crippen LogP contribution in [-0.2, 0) is 6.18 Å². The molecule has 0 unspecified atom stereocenters. The zero-order chi connectivity index (χ0) is 12.5. The maximum atomic E-state index is 12.5. The highest BCUT2D eigenvalue weighted by Crippen LogP contribution is 2.39. The molecule has 1 rings (SSSR count). The average Bonchev–Trinajstić information content (AvgIpc) is 2.15. The van der Waals surface area contributed by atoms with E-state index in [0.29, 0.717) is 6.07 Å². The second kappa shape index (κ2) is 4.33. The molecular weight excluding hydrogens is 245 g/mol. The van der Waals surface area contributed by atoms with E-state index in [9.17, 15) is 18.0 Å². The second-order valence-corrected chi connectivity index (χ2v) is 3.49. The summed E-state index contributed by atoms with van der Waals surface area (Å²) in [6, 6.07) is 1.69. The fourth-order valence-corrected chi connectivity index (χ4v) is 1.51. The number of ketones is 1. The first-order valence-electron chi connectivity index (χ1n) is 4.23. The van der Waals surface area contributed by atoms with Gasteiger partial charge in [0.2, 0.25) is 0 Å². The van der Waals surface area contributed by atoms with E-state index in [1.165, 1.54) is 6.92 Å². The van der Waals surface area contributed by atoms with Gasteiger partial charge in [0, 0.05) is 5.56 Å². The average molecular weight is 253 g/mol. The molecule has 0 aliphatic heterocycles. The van der Waals surface area contributed by atoms with Crippen molar-refractivity contribution in [1.29, 1.82) is 0 Å². The van der Waals surface area contributed by atoms with Gasteiger partial charge in [0.15, 0.2) is 5.78 Å². The lowest BCUT2D eigenvalue weighted by Gasteiger charge is -2.13. The summed E-state index contributed by atoms with van der Waals surface area (Å²) in [6.07, 6.45) is -4.57. The number of hydrogen-bond donors (Lipinski definition) is 0.